The van der Waals surface area contributed by atoms with Gasteiger partial charge >= 0.3 is 0 Å². The summed E-state index contributed by atoms with van der Waals surface area (Å²) in [7, 11) is 0. The molecule has 0 aliphatic carbocycles. The van der Waals surface area contributed by atoms with Crippen LogP contribution in [0.3, 0.4) is 0 Å². The van der Waals surface area contributed by atoms with Crippen LogP contribution in [0.4, 0.5) is 0 Å². The van der Waals surface area contributed by atoms with Crippen LogP contribution in [0, 0.1) is 22.7 Å². The molecule has 9 heavy (non-hydrogen) atoms. The normalized spacial score (nSPS) is 7.78. The Kier molecular flexibility index (Phi) is 1.21. The standard InChI is InChI=1S/C6H2N2O/c7-3-5-1-2-6(4-8)9-5/h1-2H. The summed E-state index contributed by atoms with van der Waals surface area (Å²) < 4.78 is 4.66. The van der Waals surface area contributed by atoms with Crippen LogP contribution in [0.1, 0.15) is 11.5 Å². The smallest absolute Gasteiger partial charge is 0.205 e. The molecule has 0 radical (unpaired) electrons. The quantitative estimate of drug-likeness (QED) is 0.511. The lowest BCUT2D eigenvalue weighted by Crippen LogP contribution is -1.60. The largest absolute Gasteiger partial charge is 0.435 e. The SMILES string of the molecule is N#Cc1ccc(C#N)o1. The first kappa shape index (κ1) is 5.40. The molecule has 0 unspecified atom stereocenters. The highest BCUT2D eigenvalue weighted by atomic mass is 16.3. The molecular formula is C6H2N2O. The van der Waals surface area contributed by atoms with Crippen molar-refractivity contribution in [3.63, 3.8) is 0 Å². The number of hydrogen-bond donors (Lipinski definition) is 0. The van der Waals surface area contributed by atoms with E-state index in [0.29, 0.717) is 0 Å². The minimum atomic E-state index is 0.173. The molecule has 0 atom stereocenters. The summed E-state index contributed by atoms with van der Waals surface area (Å²) in [6.45, 7) is 0. The van der Waals surface area contributed by atoms with Gasteiger partial charge in [0.05, 0.1) is 0 Å². The predicted octanol–water partition coefficient (Wildman–Crippen LogP) is 1.02. The third kappa shape index (κ3) is 0.896. The van der Waals surface area contributed by atoms with Gasteiger partial charge in [-0.05, 0) is 12.1 Å². The summed E-state index contributed by atoms with van der Waals surface area (Å²) in [6, 6.07) is 6.44. The number of hydrogen-bond acceptors (Lipinski definition) is 3. The molecule has 0 bridgehead atoms. The van der Waals surface area contributed by atoms with Crippen molar-refractivity contribution in [3.05, 3.63) is 23.7 Å². The van der Waals surface area contributed by atoms with E-state index in [1.165, 1.54) is 12.1 Å². The minimum Gasteiger partial charge on any atom is -0.435 e. The molecule has 0 aromatic carbocycles. The third-order valence-electron chi connectivity index (χ3n) is 0.826. The maximum Gasteiger partial charge on any atom is 0.205 e. The van der Waals surface area contributed by atoms with Gasteiger partial charge in [0.2, 0.25) is 11.5 Å². The van der Waals surface area contributed by atoms with E-state index >= 15 is 0 Å². The third-order valence-corrected chi connectivity index (χ3v) is 0.826. The second-order valence-electron chi connectivity index (χ2n) is 1.39. The summed E-state index contributed by atoms with van der Waals surface area (Å²) in [6.07, 6.45) is 0. The van der Waals surface area contributed by atoms with Gasteiger partial charge in [-0.2, -0.15) is 10.5 Å². The van der Waals surface area contributed by atoms with E-state index in [1.54, 1.807) is 12.1 Å². The highest BCUT2D eigenvalue weighted by molar-refractivity contribution is 5.25. The number of nitrogens with zero attached hydrogens (tertiary/aromatic N) is 2. The Morgan fingerprint density at radius 2 is 1.56 bits per heavy atom. The molecule has 0 aliphatic heterocycles. The van der Waals surface area contributed by atoms with Crippen LogP contribution in [0.5, 0.6) is 0 Å². The van der Waals surface area contributed by atoms with Gasteiger partial charge in [0.15, 0.2) is 0 Å². The Morgan fingerprint density at radius 1 is 1.11 bits per heavy atom. The van der Waals surface area contributed by atoms with E-state index in [1.807, 2.05) is 0 Å². The highest BCUT2D eigenvalue weighted by Crippen LogP contribution is 2.03. The van der Waals surface area contributed by atoms with Crippen molar-refractivity contribution in [2.75, 3.05) is 0 Å². The number of rotatable bonds is 0. The molecule has 0 saturated heterocycles. The van der Waals surface area contributed by atoms with Gasteiger partial charge in [0.25, 0.3) is 0 Å². The van der Waals surface area contributed by atoms with Crippen LogP contribution >= 0.6 is 0 Å². The number of nitriles is 2. The molecule has 0 amide bonds. The van der Waals surface area contributed by atoms with E-state index < -0.39 is 0 Å². The Bertz CT molecular complexity index is 258. The maximum atomic E-state index is 8.19. The average Bonchev–Trinajstić information content (AvgIpc) is 2.34. The van der Waals surface area contributed by atoms with Crippen molar-refractivity contribution < 1.29 is 4.42 Å². The lowest BCUT2D eigenvalue weighted by molar-refractivity contribution is 0.539. The topological polar surface area (TPSA) is 60.7 Å². The van der Waals surface area contributed by atoms with Crippen molar-refractivity contribution in [1.29, 1.82) is 10.5 Å². The van der Waals surface area contributed by atoms with E-state index in [-0.39, 0.29) is 11.5 Å². The highest BCUT2D eigenvalue weighted by Gasteiger charge is 1.96. The second kappa shape index (κ2) is 2.02. The van der Waals surface area contributed by atoms with E-state index in [0.717, 1.165) is 0 Å². The first-order valence-electron chi connectivity index (χ1n) is 2.27. The summed E-state index contributed by atoms with van der Waals surface area (Å²) >= 11 is 0. The molecule has 3 nitrogen and oxygen atoms in total. The Hall–Kier alpha value is -1.74. The van der Waals surface area contributed by atoms with E-state index in [9.17, 15) is 0 Å². The molecule has 0 spiro atoms. The zero-order valence-corrected chi connectivity index (χ0v) is 4.46. The minimum absolute atomic E-state index is 0.173. The fourth-order valence-corrected chi connectivity index (χ4v) is 0.458. The van der Waals surface area contributed by atoms with Crippen molar-refractivity contribution >= 4 is 0 Å². The monoisotopic (exact) mass is 118 g/mol. The molecule has 1 rings (SSSR count). The summed E-state index contributed by atoms with van der Waals surface area (Å²) in [4.78, 5) is 0. The van der Waals surface area contributed by atoms with Crippen molar-refractivity contribution in [3.8, 4) is 12.1 Å². The summed E-state index contributed by atoms with van der Waals surface area (Å²) in [5, 5.41) is 16.4. The zero-order chi connectivity index (χ0) is 6.69. The van der Waals surface area contributed by atoms with Gasteiger partial charge in [-0.15, -0.1) is 0 Å². The van der Waals surface area contributed by atoms with Crippen LogP contribution in [0.15, 0.2) is 16.5 Å². The van der Waals surface area contributed by atoms with Crippen LogP contribution in [0.2, 0.25) is 0 Å². The van der Waals surface area contributed by atoms with Gasteiger partial charge in [-0.1, -0.05) is 0 Å². The maximum absolute atomic E-state index is 8.19. The van der Waals surface area contributed by atoms with Crippen molar-refractivity contribution in [2.24, 2.45) is 0 Å². The summed E-state index contributed by atoms with van der Waals surface area (Å²) in [5.74, 6) is 0.345. The Balaban J connectivity index is 3.08. The molecule has 0 saturated carbocycles. The molecule has 0 aliphatic rings. The predicted molar refractivity (Wildman–Crippen MR) is 28.1 cm³/mol. The molecular weight excluding hydrogens is 116 g/mol. The van der Waals surface area contributed by atoms with Crippen LogP contribution < -0.4 is 0 Å². The lowest BCUT2D eigenvalue weighted by Gasteiger charge is -1.71. The molecule has 1 aromatic rings. The lowest BCUT2D eigenvalue weighted by atomic mass is 10.4. The Labute approximate surface area is 51.7 Å². The molecule has 1 aromatic heterocycles. The first-order chi connectivity index (χ1) is 4.36. The average molecular weight is 118 g/mol. The van der Waals surface area contributed by atoms with Crippen molar-refractivity contribution in [1.82, 2.24) is 0 Å². The molecule has 0 N–H and O–H groups in total. The van der Waals surface area contributed by atoms with E-state index in [2.05, 4.69) is 4.42 Å². The fourth-order valence-electron chi connectivity index (χ4n) is 0.458. The fraction of sp³-hybridized carbons (Fsp3) is 0. The van der Waals surface area contributed by atoms with Crippen LogP contribution in [-0.2, 0) is 0 Å². The molecule has 42 valence electrons. The van der Waals surface area contributed by atoms with E-state index in [4.69, 9.17) is 10.5 Å². The molecule has 0 fully saturated rings. The van der Waals surface area contributed by atoms with Crippen LogP contribution in [0.25, 0.3) is 0 Å². The van der Waals surface area contributed by atoms with Gasteiger partial charge in [-0.3, -0.25) is 0 Å². The second-order valence-corrected chi connectivity index (χ2v) is 1.39. The van der Waals surface area contributed by atoms with Crippen LogP contribution in [-0.4, -0.2) is 0 Å². The van der Waals surface area contributed by atoms with Gasteiger partial charge in [0.1, 0.15) is 12.1 Å². The van der Waals surface area contributed by atoms with Gasteiger partial charge < -0.3 is 4.42 Å². The Morgan fingerprint density at radius 3 is 1.78 bits per heavy atom. The molecule has 1 heterocycles. The zero-order valence-electron chi connectivity index (χ0n) is 4.46. The molecule has 3 heteroatoms. The number of furan rings is 1. The van der Waals surface area contributed by atoms with Gasteiger partial charge in [-0.25, -0.2) is 0 Å². The van der Waals surface area contributed by atoms with Crippen molar-refractivity contribution in [2.45, 2.75) is 0 Å². The summed E-state index contributed by atoms with van der Waals surface area (Å²) in [5.41, 5.74) is 0. The first-order valence-corrected chi connectivity index (χ1v) is 2.27. The van der Waals surface area contributed by atoms with Gasteiger partial charge in [0, 0.05) is 0 Å².